The van der Waals surface area contributed by atoms with Crippen LogP contribution >= 0.6 is 0 Å². The van der Waals surface area contributed by atoms with Crippen LogP contribution in [0.2, 0.25) is 0 Å². The Hall–Kier alpha value is -2.62. The summed E-state index contributed by atoms with van der Waals surface area (Å²) in [6, 6.07) is 11.3. The van der Waals surface area contributed by atoms with Crippen molar-refractivity contribution in [2.75, 3.05) is 0 Å². The van der Waals surface area contributed by atoms with E-state index in [0.29, 0.717) is 11.3 Å². The summed E-state index contributed by atoms with van der Waals surface area (Å²) in [6.45, 7) is 1.94. The van der Waals surface area contributed by atoms with Crippen LogP contribution in [-0.2, 0) is 0 Å². The van der Waals surface area contributed by atoms with Crippen LogP contribution in [0.1, 0.15) is 5.56 Å². The Bertz CT molecular complexity index is 786. The quantitative estimate of drug-likeness (QED) is 0.696. The molecule has 21 heavy (non-hydrogen) atoms. The van der Waals surface area contributed by atoms with Crippen molar-refractivity contribution in [2.24, 2.45) is 0 Å². The first kappa shape index (κ1) is 13.4. The molecule has 3 aromatic rings. The van der Waals surface area contributed by atoms with Crippen LogP contribution in [-0.4, -0.2) is 9.97 Å². The molecule has 0 saturated carbocycles. The maximum atomic E-state index is 13.3. The molecule has 104 valence electrons. The van der Waals surface area contributed by atoms with Crippen molar-refractivity contribution in [3.63, 3.8) is 0 Å². The summed E-state index contributed by atoms with van der Waals surface area (Å²) in [4.78, 5) is 8.62. The predicted octanol–water partition coefficient (Wildman–Crippen LogP) is 4.40. The summed E-state index contributed by atoms with van der Waals surface area (Å²) < 4.78 is 26.3. The molecule has 2 nitrogen and oxygen atoms in total. The zero-order chi connectivity index (χ0) is 14.8. The average Bonchev–Trinajstić information content (AvgIpc) is 2.51. The maximum absolute atomic E-state index is 13.3. The molecule has 0 aliphatic heterocycles. The van der Waals surface area contributed by atoms with Crippen LogP contribution in [0, 0.1) is 18.6 Å². The van der Waals surface area contributed by atoms with Crippen molar-refractivity contribution < 1.29 is 8.78 Å². The lowest BCUT2D eigenvalue weighted by atomic mass is 10.0. The van der Waals surface area contributed by atoms with E-state index in [4.69, 9.17) is 0 Å². The Balaban J connectivity index is 2.03. The van der Waals surface area contributed by atoms with Crippen molar-refractivity contribution in [1.82, 2.24) is 9.97 Å². The highest BCUT2D eigenvalue weighted by Gasteiger charge is 2.09. The zero-order valence-electron chi connectivity index (χ0n) is 11.3. The molecule has 2 heterocycles. The second-order valence-corrected chi connectivity index (χ2v) is 4.73. The van der Waals surface area contributed by atoms with Crippen molar-refractivity contribution in [1.29, 1.82) is 0 Å². The van der Waals surface area contributed by atoms with Crippen LogP contribution in [0.3, 0.4) is 0 Å². The van der Waals surface area contributed by atoms with E-state index in [1.54, 1.807) is 12.4 Å². The Kier molecular flexibility index (Phi) is 3.44. The average molecular weight is 282 g/mol. The van der Waals surface area contributed by atoms with Gasteiger partial charge >= 0.3 is 0 Å². The van der Waals surface area contributed by atoms with Crippen LogP contribution in [0.5, 0.6) is 0 Å². The van der Waals surface area contributed by atoms with E-state index >= 15 is 0 Å². The number of halogens is 2. The van der Waals surface area contributed by atoms with E-state index in [9.17, 15) is 8.78 Å². The minimum Gasteiger partial charge on any atom is -0.256 e. The summed E-state index contributed by atoms with van der Waals surface area (Å²) in [5, 5.41) is 0. The number of nitrogens with zero attached hydrogens (tertiary/aromatic N) is 2. The van der Waals surface area contributed by atoms with Gasteiger partial charge in [-0.05, 0) is 48.9 Å². The van der Waals surface area contributed by atoms with Crippen LogP contribution in [0.4, 0.5) is 8.78 Å². The largest absolute Gasteiger partial charge is 0.256 e. The molecule has 0 bridgehead atoms. The van der Waals surface area contributed by atoms with Crippen molar-refractivity contribution in [3.8, 4) is 22.5 Å². The third kappa shape index (κ3) is 2.65. The fraction of sp³-hybridized carbons (Fsp3) is 0.0588. The summed E-state index contributed by atoms with van der Waals surface area (Å²) in [6.07, 6.45) is 3.42. The molecule has 0 atom stereocenters. The minimum atomic E-state index is -0.874. The van der Waals surface area contributed by atoms with E-state index in [0.717, 1.165) is 29.0 Å². The molecule has 1 aromatic carbocycles. The third-order valence-corrected chi connectivity index (χ3v) is 3.27. The van der Waals surface area contributed by atoms with Gasteiger partial charge in [0.25, 0.3) is 0 Å². The number of hydrogen-bond donors (Lipinski definition) is 0. The van der Waals surface area contributed by atoms with Gasteiger partial charge < -0.3 is 0 Å². The van der Waals surface area contributed by atoms with Crippen molar-refractivity contribution in [2.45, 2.75) is 6.92 Å². The number of aromatic nitrogens is 2. The zero-order valence-corrected chi connectivity index (χ0v) is 11.3. The monoisotopic (exact) mass is 282 g/mol. The predicted molar refractivity (Wildman–Crippen MR) is 77.6 cm³/mol. The first-order valence-electron chi connectivity index (χ1n) is 6.48. The summed E-state index contributed by atoms with van der Waals surface area (Å²) in [5.74, 6) is -1.73. The van der Waals surface area contributed by atoms with Gasteiger partial charge in [0.15, 0.2) is 11.6 Å². The Morgan fingerprint density at radius 3 is 2.38 bits per heavy atom. The van der Waals surface area contributed by atoms with Gasteiger partial charge in [0.2, 0.25) is 0 Å². The van der Waals surface area contributed by atoms with E-state index in [2.05, 4.69) is 9.97 Å². The SMILES string of the molecule is Cc1cc(-c2ccc(F)c(F)c2)ncc1-c1ccccn1. The van der Waals surface area contributed by atoms with E-state index in [-0.39, 0.29) is 0 Å². The van der Waals surface area contributed by atoms with Gasteiger partial charge in [-0.25, -0.2) is 8.78 Å². The van der Waals surface area contributed by atoms with Gasteiger partial charge in [-0.2, -0.15) is 0 Å². The topological polar surface area (TPSA) is 25.8 Å². The Morgan fingerprint density at radius 2 is 1.71 bits per heavy atom. The van der Waals surface area contributed by atoms with Gasteiger partial charge in [-0.3, -0.25) is 9.97 Å². The summed E-state index contributed by atoms with van der Waals surface area (Å²) in [5.41, 5.74) is 3.88. The highest BCUT2D eigenvalue weighted by atomic mass is 19.2. The van der Waals surface area contributed by atoms with Gasteiger partial charge in [-0.1, -0.05) is 6.07 Å². The molecule has 0 aliphatic rings. The normalized spacial score (nSPS) is 10.6. The van der Waals surface area contributed by atoms with E-state index in [1.807, 2.05) is 31.2 Å². The first-order chi connectivity index (χ1) is 10.1. The van der Waals surface area contributed by atoms with Crippen LogP contribution < -0.4 is 0 Å². The van der Waals surface area contributed by atoms with Crippen molar-refractivity contribution in [3.05, 3.63) is 72.1 Å². The molecule has 0 saturated heterocycles. The first-order valence-corrected chi connectivity index (χ1v) is 6.48. The molecule has 2 aromatic heterocycles. The fourth-order valence-corrected chi connectivity index (χ4v) is 2.16. The van der Waals surface area contributed by atoms with Crippen LogP contribution in [0.15, 0.2) is 54.9 Å². The summed E-state index contributed by atoms with van der Waals surface area (Å²) in [7, 11) is 0. The van der Waals surface area contributed by atoms with Gasteiger partial charge in [0.1, 0.15) is 0 Å². The Morgan fingerprint density at radius 1 is 0.857 bits per heavy atom. The lowest BCUT2D eigenvalue weighted by Crippen LogP contribution is -1.92. The molecule has 0 fully saturated rings. The van der Waals surface area contributed by atoms with E-state index < -0.39 is 11.6 Å². The Labute approximate surface area is 121 Å². The molecular weight excluding hydrogens is 270 g/mol. The van der Waals surface area contributed by atoms with Crippen LogP contribution in [0.25, 0.3) is 22.5 Å². The number of aryl methyl sites for hydroxylation is 1. The second kappa shape index (κ2) is 5.40. The standard InChI is InChI=1S/C17H12F2N2/c1-11-8-17(12-5-6-14(18)15(19)9-12)21-10-13(11)16-4-2-3-7-20-16/h2-10H,1H3. The highest BCUT2D eigenvalue weighted by molar-refractivity contribution is 5.68. The number of hydrogen-bond acceptors (Lipinski definition) is 2. The second-order valence-electron chi connectivity index (χ2n) is 4.73. The minimum absolute atomic E-state index is 0.546. The molecule has 0 aliphatic carbocycles. The van der Waals surface area contributed by atoms with Gasteiger partial charge in [-0.15, -0.1) is 0 Å². The number of benzene rings is 1. The molecule has 0 unspecified atom stereocenters. The highest BCUT2D eigenvalue weighted by Crippen LogP contribution is 2.25. The molecule has 0 spiro atoms. The lowest BCUT2D eigenvalue weighted by Gasteiger charge is -2.08. The molecule has 0 amide bonds. The fourth-order valence-electron chi connectivity index (χ4n) is 2.16. The molecule has 0 radical (unpaired) electrons. The molecule has 4 heteroatoms. The molecule has 3 rings (SSSR count). The third-order valence-electron chi connectivity index (χ3n) is 3.27. The lowest BCUT2D eigenvalue weighted by molar-refractivity contribution is 0.509. The summed E-state index contributed by atoms with van der Waals surface area (Å²) >= 11 is 0. The van der Waals surface area contributed by atoms with Gasteiger partial charge in [0, 0.05) is 23.5 Å². The van der Waals surface area contributed by atoms with Crippen molar-refractivity contribution >= 4 is 0 Å². The van der Waals surface area contributed by atoms with Gasteiger partial charge in [0.05, 0.1) is 11.4 Å². The molecule has 0 N–H and O–H groups in total. The number of rotatable bonds is 2. The number of pyridine rings is 2. The molecular formula is C17H12F2N2. The van der Waals surface area contributed by atoms with E-state index in [1.165, 1.54) is 6.07 Å². The maximum Gasteiger partial charge on any atom is 0.159 e. The smallest absolute Gasteiger partial charge is 0.159 e.